The molecule has 8 atom stereocenters. The SMILES string of the molecule is CC(C)CCC[C@@H](C)[C@H]1CCC2C3CC=C4C[C@@H](OCCOCCOCCOC(CCCN)(P(=O)(O)O)P(=O)(O)O)CC[C@]4(C)C3CC[C@@]21C. The highest BCUT2D eigenvalue weighted by Crippen LogP contribution is 2.71. The van der Waals surface area contributed by atoms with Gasteiger partial charge in [-0.2, -0.15) is 0 Å². The minimum Gasteiger partial charge on any atom is -0.377 e. The first kappa shape index (κ1) is 42.6. The molecule has 0 radical (unpaired) electrons. The zero-order valence-corrected chi connectivity index (χ0v) is 33.3. The van der Waals surface area contributed by atoms with Gasteiger partial charge in [-0.25, -0.2) is 0 Å². The summed E-state index contributed by atoms with van der Waals surface area (Å²) in [5.74, 6) is 5.01. The summed E-state index contributed by atoms with van der Waals surface area (Å²) in [5.41, 5.74) is 7.82. The Morgan fingerprint density at radius 2 is 1.52 bits per heavy atom. The third-order valence-electron chi connectivity index (χ3n) is 13.4. The second-order valence-corrected chi connectivity index (χ2v) is 20.8. The molecule has 0 aromatic heterocycles. The topological polar surface area (TPSA) is 178 Å². The number of allylic oxidation sites excluding steroid dienone is 1. The molecule has 0 spiro atoms. The van der Waals surface area contributed by atoms with Gasteiger partial charge in [-0.1, -0.05) is 65.5 Å². The van der Waals surface area contributed by atoms with Crippen LogP contribution in [0.1, 0.15) is 118 Å². The number of rotatable bonds is 21. The largest absolute Gasteiger partial charge is 0.377 e. The van der Waals surface area contributed by atoms with Crippen molar-refractivity contribution in [1.82, 2.24) is 0 Å². The fourth-order valence-corrected chi connectivity index (χ4v) is 13.5. The highest BCUT2D eigenvalue weighted by Gasteiger charge is 2.61. The first-order valence-corrected chi connectivity index (χ1v) is 22.6. The summed E-state index contributed by atoms with van der Waals surface area (Å²) in [6.45, 7) is 13.4. The maximum absolute atomic E-state index is 12.0. The zero-order valence-electron chi connectivity index (χ0n) is 31.5. The van der Waals surface area contributed by atoms with E-state index in [0.29, 0.717) is 24.0 Å². The van der Waals surface area contributed by atoms with E-state index in [9.17, 15) is 28.7 Å². The van der Waals surface area contributed by atoms with Gasteiger partial charge in [-0.3, -0.25) is 9.13 Å². The maximum Gasteiger partial charge on any atom is 0.369 e. The van der Waals surface area contributed by atoms with E-state index >= 15 is 0 Å². The van der Waals surface area contributed by atoms with E-state index in [4.69, 9.17) is 24.7 Å². The summed E-state index contributed by atoms with van der Waals surface area (Å²) in [5, 5.41) is -2.93. The number of hydrogen-bond donors (Lipinski definition) is 5. The molecule has 0 amide bonds. The molecule has 0 bridgehead atoms. The Bertz CT molecular complexity index is 1180. The fourth-order valence-electron chi connectivity index (χ4n) is 10.7. The average Bonchev–Trinajstić information content (AvgIpc) is 3.39. The quantitative estimate of drug-likeness (QED) is 0.0455. The number of ether oxygens (including phenoxy) is 4. The predicted molar refractivity (Wildman–Crippen MR) is 195 cm³/mol. The van der Waals surface area contributed by atoms with Crippen molar-refractivity contribution < 1.29 is 47.7 Å². The van der Waals surface area contributed by atoms with Gasteiger partial charge in [0.15, 0.2) is 0 Å². The number of nitrogens with two attached hydrogens (primary N) is 1. The Morgan fingerprint density at radius 1 is 0.860 bits per heavy atom. The van der Waals surface area contributed by atoms with Crippen LogP contribution in [0.2, 0.25) is 0 Å². The van der Waals surface area contributed by atoms with Crippen molar-refractivity contribution in [1.29, 1.82) is 0 Å². The molecule has 6 N–H and O–H groups in total. The molecule has 50 heavy (non-hydrogen) atoms. The van der Waals surface area contributed by atoms with E-state index in [1.807, 2.05) is 0 Å². The highest BCUT2D eigenvalue weighted by atomic mass is 31.2. The molecule has 0 aromatic rings. The predicted octanol–water partition coefficient (Wildman–Crippen LogP) is 7.21. The van der Waals surface area contributed by atoms with Gasteiger partial charge in [-0.05, 0) is 111 Å². The van der Waals surface area contributed by atoms with Crippen LogP contribution in [0.4, 0.5) is 0 Å². The molecule has 292 valence electrons. The molecular weight excluding hydrogens is 680 g/mol. The molecule has 3 saturated carbocycles. The van der Waals surface area contributed by atoms with Crippen LogP contribution in [0.15, 0.2) is 11.6 Å². The van der Waals surface area contributed by atoms with Gasteiger partial charge < -0.3 is 44.3 Å². The normalized spacial score (nSPS) is 32.4. The van der Waals surface area contributed by atoms with Crippen LogP contribution in [0.25, 0.3) is 0 Å². The molecular formula is C37H69NO10P2. The van der Waals surface area contributed by atoms with Gasteiger partial charge in [0.1, 0.15) is 0 Å². The average molecular weight is 750 g/mol. The molecule has 0 heterocycles. The number of hydrogen-bond acceptors (Lipinski definition) is 7. The maximum atomic E-state index is 12.0. The molecule has 13 heteroatoms. The summed E-state index contributed by atoms with van der Waals surface area (Å²) in [4.78, 5) is 38.8. The monoisotopic (exact) mass is 749 g/mol. The van der Waals surface area contributed by atoms with Crippen LogP contribution < -0.4 is 5.73 Å². The molecule has 11 nitrogen and oxygen atoms in total. The summed E-state index contributed by atoms with van der Waals surface area (Å²) in [6.07, 6.45) is 16.5. The van der Waals surface area contributed by atoms with E-state index in [1.54, 1.807) is 5.57 Å². The van der Waals surface area contributed by atoms with Crippen molar-refractivity contribution in [3.63, 3.8) is 0 Å². The molecule has 4 aliphatic rings. The molecule has 3 unspecified atom stereocenters. The summed E-state index contributed by atoms with van der Waals surface area (Å²) < 4.78 is 46.5. The van der Waals surface area contributed by atoms with Gasteiger partial charge in [-0.15, -0.1) is 0 Å². The Hall–Kier alpha value is -0.160. The van der Waals surface area contributed by atoms with Crippen molar-refractivity contribution in [3.8, 4) is 0 Å². The molecule has 4 aliphatic carbocycles. The van der Waals surface area contributed by atoms with Gasteiger partial charge in [0.25, 0.3) is 5.08 Å². The minimum absolute atomic E-state index is 0.000305. The molecule has 4 rings (SSSR count). The second-order valence-electron chi connectivity index (χ2n) is 16.8. The van der Waals surface area contributed by atoms with Gasteiger partial charge >= 0.3 is 15.2 Å². The highest BCUT2D eigenvalue weighted by molar-refractivity contribution is 7.72. The third-order valence-corrected chi connectivity index (χ3v) is 17.5. The Kier molecular flexibility index (Phi) is 15.3. The minimum atomic E-state index is -5.32. The van der Waals surface area contributed by atoms with Crippen molar-refractivity contribution in [2.45, 2.75) is 129 Å². The first-order valence-electron chi connectivity index (χ1n) is 19.4. The van der Waals surface area contributed by atoms with Crippen LogP contribution in [-0.2, 0) is 28.1 Å². The van der Waals surface area contributed by atoms with Gasteiger partial charge in [0, 0.05) is 6.42 Å². The van der Waals surface area contributed by atoms with Gasteiger partial charge in [0.2, 0.25) is 0 Å². The van der Waals surface area contributed by atoms with Crippen molar-refractivity contribution in [2.24, 2.45) is 52.1 Å². The van der Waals surface area contributed by atoms with Crippen LogP contribution >= 0.6 is 15.2 Å². The Labute approximate surface area is 301 Å². The van der Waals surface area contributed by atoms with Gasteiger partial charge in [0.05, 0.1) is 45.7 Å². The Morgan fingerprint density at radius 3 is 2.16 bits per heavy atom. The fraction of sp³-hybridized carbons (Fsp3) is 0.946. The lowest BCUT2D eigenvalue weighted by molar-refractivity contribution is -0.0695. The lowest BCUT2D eigenvalue weighted by atomic mass is 9.47. The molecule has 0 aliphatic heterocycles. The molecule has 0 aromatic carbocycles. The first-order chi connectivity index (χ1) is 23.5. The van der Waals surface area contributed by atoms with Crippen molar-refractivity contribution in [3.05, 3.63) is 11.6 Å². The van der Waals surface area contributed by atoms with Crippen molar-refractivity contribution in [2.75, 3.05) is 46.2 Å². The van der Waals surface area contributed by atoms with Crippen molar-refractivity contribution >= 4 is 15.2 Å². The smallest absolute Gasteiger partial charge is 0.369 e. The molecule has 0 saturated heterocycles. The van der Waals surface area contributed by atoms with E-state index in [2.05, 4.69) is 40.7 Å². The third kappa shape index (κ3) is 9.55. The van der Waals surface area contributed by atoms with E-state index in [1.165, 1.54) is 57.8 Å². The lowest BCUT2D eigenvalue weighted by Crippen LogP contribution is -2.51. The van der Waals surface area contributed by atoms with Crippen LogP contribution in [-0.4, -0.2) is 76.9 Å². The van der Waals surface area contributed by atoms with Crippen LogP contribution in [0.3, 0.4) is 0 Å². The summed E-state index contributed by atoms with van der Waals surface area (Å²) >= 11 is 0. The number of fused-ring (bicyclic) bond motifs is 5. The summed E-state index contributed by atoms with van der Waals surface area (Å²) in [7, 11) is -10.6. The Balaban J connectivity index is 1.15. The second kappa shape index (κ2) is 18.0. The standard InChI is InChI=1S/C37H69NO10P2/c1-27(2)8-6-9-28(3)32-12-13-33-31-11-10-29-26-30(14-17-35(29,4)34(31)15-18-36(32,33)5)47-24-22-45-20-21-46-23-25-48-37(16-7-19-38,49(39,40)41)50(42,43)44/h10,27-28,30-34H,6-9,11-26,38H2,1-5H3,(H2,39,40,41)(H2,42,43,44)/t28-,30+,31?,32-,33?,34?,35+,36-/m1/s1. The summed E-state index contributed by atoms with van der Waals surface area (Å²) in [6, 6.07) is 0. The van der Waals surface area contributed by atoms with Crippen LogP contribution in [0.5, 0.6) is 0 Å². The zero-order chi connectivity index (χ0) is 36.8. The van der Waals surface area contributed by atoms with E-state index < -0.39 is 33.3 Å². The van der Waals surface area contributed by atoms with Crippen LogP contribution in [0, 0.1) is 46.3 Å². The van der Waals surface area contributed by atoms with E-state index in [-0.39, 0.29) is 38.9 Å². The lowest BCUT2D eigenvalue weighted by Gasteiger charge is -2.58. The van der Waals surface area contributed by atoms with E-state index in [0.717, 1.165) is 48.3 Å². The molecule has 3 fully saturated rings.